The molecule has 0 fully saturated rings. The molecular formula is C7H6Br4F4O. The molecular weight excluding hydrogens is 496 g/mol. The highest BCUT2D eigenvalue weighted by molar-refractivity contribution is 9.11. The standard InChI is InChI=1S/C7H6Br4F4O/c8-1-6(12,13)4(10)3(16)5(11)7(14,15)2-9/h4-5H,1-2H2. The predicted molar refractivity (Wildman–Crippen MR) is 67.9 cm³/mol. The monoisotopic (exact) mass is 498 g/mol. The molecule has 0 aromatic rings. The molecule has 1 nitrogen and oxygen atoms in total. The van der Waals surface area contributed by atoms with Crippen molar-refractivity contribution in [2.75, 3.05) is 10.7 Å². The minimum Gasteiger partial charge on any atom is -0.297 e. The van der Waals surface area contributed by atoms with Crippen LogP contribution in [0.15, 0.2) is 0 Å². The van der Waals surface area contributed by atoms with E-state index < -0.39 is 37.9 Å². The Kier molecular flexibility index (Phi) is 7.00. The van der Waals surface area contributed by atoms with Crippen LogP contribution >= 0.6 is 63.7 Å². The van der Waals surface area contributed by atoms with Crippen molar-refractivity contribution in [1.29, 1.82) is 0 Å². The quantitative estimate of drug-likeness (QED) is 0.395. The molecule has 9 heteroatoms. The molecule has 0 aromatic heterocycles. The number of hydrogen-bond donors (Lipinski definition) is 0. The summed E-state index contributed by atoms with van der Waals surface area (Å²) in [4.78, 5) is 7.43. The minimum absolute atomic E-state index is 0.790. The number of alkyl halides is 8. The van der Waals surface area contributed by atoms with E-state index in [1.54, 1.807) is 0 Å². The van der Waals surface area contributed by atoms with Crippen molar-refractivity contribution in [3.8, 4) is 0 Å². The van der Waals surface area contributed by atoms with Crippen LogP contribution in [0.4, 0.5) is 17.6 Å². The van der Waals surface area contributed by atoms with Gasteiger partial charge in [-0.05, 0) is 0 Å². The topological polar surface area (TPSA) is 17.1 Å². The maximum Gasteiger partial charge on any atom is 0.276 e. The predicted octanol–water partition coefficient (Wildman–Crippen LogP) is 4.14. The summed E-state index contributed by atoms with van der Waals surface area (Å²) in [7, 11) is 0. The van der Waals surface area contributed by atoms with Gasteiger partial charge in [0, 0.05) is 0 Å². The van der Waals surface area contributed by atoms with Crippen LogP contribution in [0.3, 0.4) is 0 Å². The van der Waals surface area contributed by atoms with Crippen molar-refractivity contribution < 1.29 is 22.4 Å². The number of Topliss-reactive ketones (excluding diaryl/α,β-unsaturated/α-hetero) is 1. The van der Waals surface area contributed by atoms with Gasteiger partial charge in [0.15, 0.2) is 5.78 Å². The average Bonchev–Trinajstić information content (AvgIpc) is 2.25. The van der Waals surface area contributed by atoms with E-state index in [-0.39, 0.29) is 0 Å². The molecule has 96 valence electrons. The van der Waals surface area contributed by atoms with Gasteiger partial charge in [-0.15, -0.1) is 0 Å². The van der Waals surface area contributed by atoms with Gasteiger partial charge >= 0.3 is 0 Å². The zero-order chi connectivity index (χ0) is 13.1. The molecule has 0 saturated heterocycles. The SMILES string of the molecule is O=C(C(Br)C(F)(F)CBr)C(Br)C(F)(F)CBr. The van der Waals surface area contributed by atoms with Crippen LogP contribution < -0.4 is 0 Å². The summed E-state index contributed by atoms with van der Waals surface area (Å²) < 4.78 is 52.2. The van der Waals surface area contributed by atoms with E-state index in [1.165, 1.54) is 0 Å². The molecule has 0 aliphatic carbocycles. The van der Waals surface area contributed by atoms with Crippen LogP contribution in [0.5, 0.6) is 0 Å². The number of rotatable bonds is 6. The summed E-state index contributed by atoms with van der Waals surface area (Å²) in [5.74, 6) is -8.15. The number of halogens is 8. The maximum atomic E-state index is 13.1. The van der Waals surface area contributed by atoms with Gasteiger partial charge in [0.25, 0.3) is 11.8 Å². The Balaban J connectivity index is 4.82. The van der Waals surface area contributed by atoms with Crippen LogP contribution in [0.2, 0.25) is 0 Å². The first kappa shape index (κ1) is 17.3. The molecule has 0 aliphatic rings. The third kappa shape index (κ3) is 4.20. The van der Waals surface area contributed by atoms with Gasteiger partial charge in [-0.2, -0.15) is 0 Å². The normalized spacial score (nSPS) is 17.0. The molecule has 0 N–H and O–H groups in total. The molecule has 0 aromatic carbocycles. The fourth-order valence-corrected chi connectivity index (χ4v) is 3.40. The molecule has 0 bridgehead atoms. The smallest absolute Gasteiger partial charge is 0.276 e. The fourth-order valence-electron chi connectivity index (χ4n) is 0.680. The second kappa shape index (κ2) is 6.47. The van der Waals surface area contributed by atoms with Crippen molar-refractivity contribution in [3.05, 3.63) is 0 Å². The van der Waals surface area contributed by atoms with E-state index in [4.69, 9.17) is 0 Å². The lowest BCUT2D eigenvalue weighted by atomic mass is 10.1. The second-order valence-corrected chi connectivity index (χ2v) is 5.87. The van der Waals surface area contributed by atoms with Crippen molar-refractivity contribution in [3.63, 3.8) is 0 Å². The van der Waals surface area contributed by atoms with Gasteiger partial charge in [-0.1, -0.05) is 63.7 Å². The summed E-state index contributed by atoms with van der Waals surface area (Å²) in [6.07, 6.45) is 0. The molecule has 0 amide bonds. The first-order valence-electron chi connectivity index (χ1n) is 3.79. The molecule has 0 heterocycles. The zero-order valence-corrected chi connectivity index (χ0v) is 13.8. The Bertz CT molecular complexity index is 237. The third-order valence-corrected chi connectivity index (χ3v) is 5.33. The van der Waals surface area contributed by atoms with Gasteiger partial charge in [0.05, 0.1) is 10.7 Å². The molecule has 0 spiro atoms. The van der Waals surface area contributed by atoms with Crippen LogP contribution in [0.25, 0.3) is 0 Å². The Morgan fingerprint density at radius 3 is 1.38 bits per heavy atom. The first-order valence-corrected chi connectivity index (χ1v) is 7.87. The van der Waals surface area contributed by atoms with Crippen LogP contribution in [-0.2, 0) is 4.79 Å². The molecule has 2 atom stereocenters. The van der Waals surface area contributed by atoms with Crippen molar-refractivity contribution >= 4 is 69.5 Å². The van der Waals surface area contributed by atoms with Gasteiger partial charge in [0.2, 0.25) is 0 Å². The van der Waals surface area contributed by atoms with Crippen molar-refractivity contribution in [2.24, 2.45) is 0 Å². The van der Waals surface area contributed by atoms with Crippen molar-refractivity contribution in [2.45, 2.75) is 21.5 Å². The number of ketones is 1. The summed E-state index contributed by atoms with van der Waals surface area (Å²) >= 11 is 9.90. The average molecular weight is 502 g/mol. The van der Waals surface area contributed by atoms with E-state index in [9.17, 15) is 22.4 Å². The summed E-state index contributed by atoms with van der Waals surface area (Å²) in [5, 5.41) is -1.58. The Morgan fingerprint density at radius 2 is 1.19 bits per heavy atom. The molecule has 16 heavy (non-hydrogen) atoms. The number of hydrogen-bond acceptors (Lipinski definition) is 1. The highest BCUT2D eigenvalue weighted by Gasteiger charge is 2.50. The van der Waals surface area contributed by atoms with Crippen LogP contribution in [0, 0.1) is 0 Å². The Labute approximate surface area is 123 Å². The largest absolute Gasteiger partial charge is 0.297 e. The molecule has 2 unspecified atom stereocenters. The van der Waals surface area contributed by atoms with E-state index in [2.05, 4.69) is 63.7 Å². The summed E-state index contributed by atoms with van der Waals surface area (Å²) in [6.45, 7) is 0. The molecule has 0 saturated carbocycles. The van der Waals surface area contributed by atoms with E-state index in [1.807, 2.05) is 0 Å². The summed E-state index contributed by atoms with van der Waals surface area (Å²) in [5.41, 5.74) is 0. The number of carbonyl (C=O) groups is 1. The molecule has 0 radical (unpaired) electrons. The van der Waals surface area contributed by atoms with Gasteiger partial charge in [0.1, 0.15) is 9.65 Å². The van der Waals surface area contributed by atoms with Crippen LogP contribution in [0.1, 0.15) is 0 Å². The maximum absolute atomic E-state index is 13.1. The first-order chi connectivity index (χ1) is 7.10. The molecule has 0 rings (SSSR count). The summed E-state index contributed by atoms with van der Waals surface area (Å²) in [6, 6.07) is 0. The highest BCUT2D eigenvalue weighted by atomic mass is 79.9. The fraction of sp³-hybridized carbons (Fsp3) is 0.857. The van der Waals surface area contributed by atoms with E-state index in [0.29, 0.717) is 0 Å². The Morgan fingerprint density at radius 1 is 0.938 bits per heavy atom. The minimum atomic E-state index is -3.43. The second-order valence-electron chi connectivity index (χ2n) is 2.92. The van der Waals surface area contributed by atoms with Gasteiger partial charge in [-0.25, -0.2) is 17.6 Å². The van der Waals surface area contributed by atoms with Gasteiger partial charge in [-0.3, -0.25) is 4.79 Å². The Hall–Kier alpha value is 1.31. The van der Waals surface area contributed by atoms with Crippen LogP contribution in [-0.4, -0.2) is 37.9 Å². The van der Waals surface area contributed by atoms with Crippen molar-refractivity contribution in [1.82, 2.24) is 0 Å². The van der Waals surface area contributed by atoms with E-state index in [0.717, 1.165) is 0 Å². The zero-order valence-electron chi connectivity index (χ0n) is 7.50. The lowest BCUT2D eigenvalue weighted by Gasteiger charge is -2.24. The third-order valence-electron chi connectivity index (χ3n) is 1.60. The van der Waals surface area contributed by atoms with E-state index >= 15 is 0 Å². The number of carbonyl (C=O) groups excluding carboxylic acids is 1. The molecule has 0 aliphatic heterocycles. The highest BCUT2D eigenvalue weighted by Crippen LogP contribution is 2.35. The lowest BCUT2D eigenvalue weighted by Crippen LogP contribution is -2.46. The van der Waals surface area contributed by atoms with Gasteiger partial charge < -0.3 is 0 Å². The lowest BCUT2D eigenvalue weighted by molar-refractivity contribution is -0.127.